The van der Waals surface area contributed by atoms with Gasteiger partial charge in [-0.25, -0.2) is 22.2 Å². The lowest BCUT2D eigenvalue weighted by molar-refractivity contribution is -0.0221. The molecule has 1 aromatic heterocycles. The maximum absolute atomic E-state index is 13.6. The number of anilines is 4. The highest BCUT2D eigenvalue weighted by Gasteiger charge is 2.44. The molecule has 0 unspecified atom stereocenters. The second kappa shape index (κ2) is 10.5. The Bertz CT molecular complexity index is 1330. The van der Waals surface area contributed by atoms with Crippen LogP contribution in [0, 0.1) is 12.3 Å². The van der Waals surface area contributed by atoms with E-state index in [0.717, 1.165) is 31.5 Å². The zero-order valence-electron chi connectivity index (χ0n) is 22.0. The Morgan fingerprint density at radius 3 is 2.31 bits per heavy atom. The van der Waals surface area contributed by atoms with Gasteiger partial charge in [0.2, 0.25) is 10.0 Å². The Morgan fingerprint density at radius 2 is 1.67 bits per heavy atom. The van der Waals surface area contributed by atoms with E-state index >= 15 is 0 Å². The zero-order valence-corrected chi connectivity index (χ0v) is 22.9. The molecule has 2 aliphatic heterocycles. The maximum Gasteiger partial charge on any atom is 0.258 e. The monoisotopic (exact) mass is 563 g/mol. The number of sulfonamides is 1. The Balaban J connectivity index is 1.39. The lowest BCUT2D eigenvalue weighted by Crippen LogP contribution is -2.39. The minimum Gasteiger partial charge on any atom is -0.395 e. The SMILES string of the molecule is Cc1cc(NC(=O)c2ccc(NS(=O)(=O)CCO)cc2N2CCC3(CC2)CC3)nc(N2CCC(F)(F)CC2)c1. The second-order valence-corrected chi connectivity index (χ2v) is 12.9. The van der Waals surface area contributed by atoms with E-state index in [1.165, 1.54) is 18.9 Å². The number of piperidine rings is 2. The predicted molar refractivity (Wildman–Crippen MR) is 147 cm³/mol. The number of halogens is 2. The molecule has 3 heterocycles. The van der Waals surface area contributed by atoms with Gasteiger partial charge in [-0.3, -0.25) is 9.52 Å². The van der Waals surface area contributed by atoms with E-state index in [1.807, 2.05) is 13.0 Å². The second-order valence-electron chi connectivity index (χ2n) is 11.0. The van der Waals surface area contributed by atoms with E-state index in [9.17, 15) is 22.0 Å². The van der Waals surface area contributed by atoms with Gasteiger partial charge in [-0.1, -0.05) is 0 Å². The summed E-state index contributed by atoms with van der Waals surface area (Å²) in [6.45, 7) is 3.26. The Morgan fingerprint density at radius 1 is 1.00 bits per heavy atom. The zero-order chi connectivity index (χ0) is 27.8. The number of hydrogen-bond acceptors (Lipinski definition) is 7. The van der Waals surface area contributed by atoms with Crippen LogP contribution in [0.15, 0.2) is 30.3 Å². The van der Waals surface area contributed by atoms with Crippen molar-refractivity contribution in [2.75, 3.05) is 58.4 Å². The number of amides is 1. The van der Waals surface area contributed by atoms with Crippen LogP contribution in [0.1, 0.15) is 54.4 Å². The first-order chi connectivity index (χ1) is 18.5. The van der Waals surface area contributed by atoms with E-state index in [4.69, 9.17) is 5.11 Å². The van der Waals surface area contributed by atoms with Gasteiger partial charge >= 0.3 is 0 Å². The fourth-order valence-corrected chi connectivity index (χ4v) is 6.25. The van der Waals surface area contributed by atoms with E-state index in [0.29, 0.717) is 34.0 Å². The van der Waals surface area contributed by atoms with Crippen molar-refractivity contribution in [1.82, 2.24) is 4.98 Å². The standard InChI is InChI=1S/C27H35F2N5O4S/c1-19-16-23(30-24(17-19)34-12-8-27(28,29)9-13-34)31-25(36)21-3-2-20(32-39(37,38)15-14-35)18-22(21)33-10-6-26(4-5-26)7-11-33/h2-3,16-18,32,35H,4-15H2,1H3,(H,30,31,36). The van der Waals surface area contributed by atoms with Gasteiger partial charge in [0.15, 0.2) is 0 Å². The minimum atomic E-state index is -3.73. The number of nitrogens with zero attached hydrogens (tertiary/aromatic N) is 3. The van der Waals surface area contributed by atoms with E-state index in [1.54, 1.807) is 23.1 Å². The number of carbonyl (C=O) groups is 1. The summed E-state index contributed by atoms with van der Waals surface area (Å²) >= 11 is 0. The van der Waals surface area contributed by atoms with Crippen LogP contribution in [0.3, 0.4) is 0 Å². The molecule has 1 aliphatic carbocycles. The fraction of sp³-hybridized carbons (Fsp3) is 0.556. The number of nitrogens with one attached hydrogen (secondary N) is 2. The molecule has 3 N–H and O–H groups in total. The minimum absolute atomic E-state index is 0.186. The molecule has 1 aromatic carbocycles. The highest BCUT2D eigenvalue weighted by molar-refractivity contribution is 7.92. The van der Waals surface area contributed by atoms with Gasteiger partial charge in [0.25, 0.3) is 11.8 Å². The third-order valence-electron chi connectivity index (χ3n) is 8.01. The largest absolute Gasteiger partial charge is 0.395 e. The van der Waals surface area contributed by atoms with Crippen LogP contribution in [-0.4, -0.2) is 68.9 Å². The Kier molecular flexibility index (Phi) is 7.45. The molecule has 212 valence electrons. The summed E-state index contributed by atoms with van der Waals surface area (Å²) in [5, 5.41) is 11.9. The molecular formula is C27H35F2N5O4S. The van der Waals surface area contributed by atoms with Gasteiger partial charge in [0.05, 0.1) is 29.3 Å². The molecule has 2 saturated heterocycles. The van der Waals surface area contributed by atoms with Crippen molar-refractivity contribution in [3.8, 4) is 0 Å². The number of aryl methyl sites for hydroxylation is 1. The number of alkyl halides is 2. The van der Waals surface area contributed by atoms with E-state index < -0.39 is 34.2 Å². The van der Waals surface area contributed by atoms with Crippen LogP contribution in [0.25, 0.3) is 0 Å². The smallest absolute Gasteiger partial charge is 0.258 e. The lowest BCUT2D eigenvalue weighted by Gasteiger charge is -2.35. The molecule has 39 heavy (non-hydrogen) atoms. The molecular weight excluding hydrogens is 528 g/mol. The van der Waals surface area contributed by atoms with E-state index in [-0.39, 0.29) is 25.9 Å². The summed E-state index contributed by atoms with van der Waals surface area (Å²) in [7, 11) is -3.73. The van der Waals surface area contributed by atoms with Crippen molar-refractivity contribution < 1.29 is 27.1 Å². The lowest BCUT2D eigenvalue weighted by atomic mass is 9.93. The average molecular weight is 564 g/mol. The molecule has 9 nitrogen and oxygen atoms in total. The molecule has 12 heteroatoms. The first kappa shape index (κ1) is 27.6. The van der Waals surface area contributed by atoms with Crippen LogP contribution in [0.4, 0.5) is 31.8 Å². The summed E-state index contributed by atoms with van der Waals surface area (Å²) < 4.78 is 54.3. The molecule has 1 spiro atoms. The van der Waals surface area contributed by atoms with Gasteiger partial charge in [-0.05, 0) is 73.9 Å². The molecule has 2 aromatic rings. The highest BCUT2D eigenvalue weighted by atomic mass is 32.2. The summed E-state index contributed by atoms with van der Waals surface area (Å²) in [6, 6.07) is 8.33. The number of benzene rings is 1. The number of pyridine rings is 1. The van der Waals surface area contributed by atoms with Crippen molar-refractivity contribution >= 4 is 38.9 Å². The van der Waals surface area contributed by atoms with Gasteiger partial charge in [0, 0.05) is 39.0 Å². The first-order valence-electron chi connectivity index (χ1n) is 13.4. The van der Waals surface area contributed by atoms with Crippen molar-refractivity contribution in [2.24, 2.45) is 5.41 Å². The Labute approximate surface area is 227 Å². The van der Waals surface area contributed by atoms with Crippen LogP contribution in [0.5, 0.6) is 0 Å². The number of aliphatic hydroxyl groups is 1. The number of aromatic nitrogens is 1. The van der Waals surface area contributed by atoms with Crippen molar-refractivity contribution in [2.45, 2.75) is 51.4 Å². The first-order valence-corrected chi connectivity index (χ1v) is 15.1. The number of rotatable bonds is 8. The topological polar surface area (TPSA) is 115 Å². The molecule has 1 amide bonds. The fourth-order valence-electron chi connectivity index (χ4n) is 5.42. The maximum atomic E-state index is 13.6. The third-order valence-corrected chi connectivity index (χ3v) is 9.28. The normalized spacial score (nSPS) is 20.1. The van der Waals surface area contributed by atoms with Crippen LogP contribution in [0.2, 0.25) is 0 Å². The van der Waals surface area contributed by atoms with Gasteiger partial charge in [-0.15, -0.1) is 0 Å². The van der Waals surface area contributed by atoms with Gasteiger partial charge in [0.1, 0.15) is 11.6 Å². The third kappa shape index (κ3) is 6.60. The molecule has 3 fully saturated rings. The quantitative estimate of drug-likeness (QED) is 0.445. The van der Waals surface area contributed by atoms with Gasteiger partial charge < -0.3 is 20.2 Å². The summed E-state index contributed by atoms with van der Waals surface area (Å²) in [5.74, 6) is -2.62. The van der Waals surface area contributed by atoms with Crippen LogP contribution < -0.4 is 19.8 Å². The molecule has 0 bridgehead atoms. The molecule has 1 saturated carbocycles. The van der Waals surface area contributed by atoms with E-state index in [2.05, 4.69) is 19.9 Å². The molecule has 3 aliphatic rings. The van der Waals surface area contributed by atoms with Crippen molar-refractivity contribution in [3.05, 3.63) is 41.5 Å². The van der Waals surface area contributed by atoms with Crippen molar-refractivity contribution in [1.29, 1.82) is 0 Å². The Hall–Kier alpha value is -2.99. The van der Waals surface area contributed by atoms with Crippen molar-refractivity contribution in [3.63, 3.8) is 0 Å². The molecule has 0 atom stereocenters. The van der Waals surface area contributed by atoms with Crippen LogP contribution in [-0.2, 0) is 10.0 Å². The number of aliphatic hydroxyl groups excluding tert-OH is 1. The summed E-state index contributed by atoms with van der Waals surface area (Å²) in [6.07, 6.45) is 4.02. The molecule has 5 rings (SSSR count). The summed E-state index contributed by atoms with van der Waals surface area (Å²) in [4.78, 5) is 22.0. The number of carbonyl (C=O) groups excluding carboxylic acids is 1. The number of hydrogen-bond donors (Lipinski definition) is 3. The highest BCUT2D eigenvalue weighted by Crippen LogP contribution is 2.54. The molecule has 0 radical (unpaired) electrons. The summed E-state index contributed by atoms with van der Waals surface area (Å²) in [5.41, 5.74) is 2.58. The predicted octanol–water partition coefficient (Wildman–Crippen LogP) is 3.99. The average Bonchev–Trinajstić information content (AvgIpc) is 3.62. The van der Waals surface area contributed by atoms with Gasteiger partial charge in [-0.2, -0.15) is 0 Å². The van der Waals surface area contributed by atoms with Crippen LogP contribution >= 0.6 is 0 Å².